The van der Waals surface area contributed by atoms with Crippen molar-refractivity contribution >= 4 is 35.2 Å². The molecule has 1 aliphatic carbocycles. The second kappa shape index (κ2) is 13.7. The largest absolute Gasteiger partial charge is 0.408 e. The minimum Gasteiger partial charge on any atom is -0.338 e. The van der Waals surface area contributed by atoms with Crippen molar-refractivity contribution in [3.63, 3.8) is 0 Å². The first-order valence-corrected chi connectivity index (χ1v) is 13.0. The zero-order valence-electron chi connectivity index (χ0n) is 22.5. The lowest BCUT2D eigenvalue weighted by molar-refractivity contribution is -0.152. The van der Waals surface area contributed by atoms with Crippen molar-refractivity contribution in [2.75, 3.05) is 5.32 Å². The first kappa shape index (κ1) is 31.2. The van der Waals surface area contributed by atoms with Gasteiger partial charge in [-0.25, -0.2) is 0 Å². The van der Waals surface area contributed by atoms with Gasteiger partial charge in [-0.15, -0.1) is 0 Å². The summed E-state index contributed by atoms with van der Waals surface area (Å²) in [6.07, 6.45) is 2.47. The summed E-state index contributed by atoms with van der Waals surface area (Å²) in [6, 6.07) is 7.76. The Morgan fingerprint density at radius 1 is 1.16 bits per heavy atom. The van der Waals surface area contributed by atoms with E-state index in [-0.39, 0.29) is 17.2 Å². The lowest BCUT2D eigenvalue weighted by atomic mass is 9.95. The Bertz CT molecular complexity index is 1260. The van der Waals surface area contributed by atoms with Crippen LogP contribution in [0.4, 0.5) is 24.7 Å². The van der Waals surface area contributed by atoms with Crippen LogP contribution in [0, 0.1) is 16.7 Å². The molecule has 3 N–H and O–H groups in total. The quantitative estimate of drug-likeness (QED) is 0.245. The van der Waals surface area contributed by atoms with Crippen LogP contribution in [0.15, 0.2) is 41.3 Å². The molecule has 0 bridgehead atoms. The van der Waals surface area contributed by atoms with E-state index in [2.05, 4.69) is 55.9 Å². The predicted molar refractivity (Wildman–Crippen MR) is 150 cm³/mol. The minimum absolute atomic E-state index is 0.00688. The molecule has 0 unspecified atom stereocenters. The number of fused-ring (bicyclic) bond motifs is 1. The van der Waals surface area contributed by atoms with Gasteiger partial charge in [0.25, 0.3) is 5.56 Å². The van der Waals surface area contributed by atoms with E-state index in [0.717, 1.165) is 31.2 Å². The van der Waals surface area contributed by atoms with Gasteiger partial charge in [0, 0.05) is 18.8 Å². The standard InChI is InChI=1S/C20H22F3N5OS.C5H12.C2H3N/c21-20(22,23)17(27-30)12-5-4-6-13(11-12)25-18-16-15(9-10-24-19(16)29)28(26-18)14-7-2-1-3-8-14;1-5(2,3)4;1-2-3/h4-6,9-11,14,17,27,30H,1-3,7-8H2,(H,24,29)(H,25,26);1-4H3;1H3/t17-;;/m0../s1. The fourth-order valence-electron chi connectivity index (χ4n) is 4.06. The van der Waals surface area contributed by atoms with Gasteiger partial charge in [-0.05, 0) is 42.0 Å². The number of pyridine rings is 1. The number of anilines is 2. The van der Waals surface area contributed by atoms with Gasteiger partial charge in [0.2, 0.25) is 0 Å². The molecule has 1 saturated carbocycles. The van der Waals surface area contributed by atoms with Gasteiger partial charge in [-0.2, -0.15) is 23.5 Å². The fraction of sp³-hybridized carbons (Fsp3) is 0.519. The molecular weight excluding hydrogens is 513 g/mol. The van der Waals surface area contributed by atoms with Crippen LogP contribution in [-0.4, -0.2) is 20.9 Å². The van der Waals surface area contributed by atoms with Crippen LogP contribution in [0.5, 0.6) is 0 Å². The molecule has 0 spiro atoms. The Kier molecular flexibility index (Phi) is 11.3. The molecule has 2 aromatic heterocycles. The molecule has 3 aromatic rings. The number of benzene rings is 1. The molecule has 0 saturated heterocycles. The van der Waals surface area contributed by atoms with E-state index in [1.165, 1.54) is 31.5 Å². The average molecular weight is 551 g/mol. The molecule has 1 atom stereocenters. The van der Waals surface area contributed by atoms with Gasteiger partial charge in [-0.1, -0.05) is 71.9 Å². The lowest BCUT2D eigenvalue weighted by Gasteiger charge is -2.22. The maximum absolute atomic E-state index is 13.2. The van der Waals surface area contributed by atoms with Crippen molar-refractivity contribution in [1.29, 1.82) is 5.26 Å². The first-order chi connectivity index (χ1) is 17.8. The normalized spacial score (nSPS) is 14.9. The molecule has 7 nitrogen and oxygen atoms in total. The second-order valence-corrected chi connectivity index (χ2v) is 11.0. The summed E-state index contributed by atoms with van der Waals surface area (Å²) in [6.45, 7) is 10.2. The van der Waals surface area contributed by atoms with Gasteiger partial charge in [0.05, 0.1) is 17.6 Å². The lowest BCUT2D eigenvalue weighted by Crippen LogP contribution is -2.28. The average Bonchev–Trinajstić information content (AvgIpc) is 3.18. The van der Waals surface area contributed by atoms with Crippen LogP contribution in [0.1, 0.15) is 84.4 Å². The highest BCUT2D eigenvalue weighted by Crippen LogP contribution is 2.36. The Balaban J connectivity index is 0.000000559. The third-order valence-electron chi connectivity index (χ3n) is 5.49. The number of H-pyrrole nitrogens is 1. The van der Waals surface area contributed by atoms with E-state index in [0.29, 0.717) is 22.3 Å². The molecule has 38 heavy (non-hydrogen) atoms. The van der Waals surface area contributed by atoms with Crippen LogP contribution >= 0.6 is 12.8 Å². The monoisotopic (exact) mass is 550 g/mol. The molecule has 11 heteroatoms. The molecule has 0 amide bonds. The van der Waals surface area contributed by atoms with Crippen LogP contribution in [-0.2, 0) is 0 Å². The number of nitrogens with one attached hydrogen (secondary N) is 3. The Hall–Kier alpha value is -2.97. The summed E-state index contributed by atoms with van der Waals surface area (Å²) in [7, 11) is 0. The molecule has 4 rings (SSSR count). The highest BCUT2D eigenvalue weighted by atomic mass is 32.1. The fourth-order valence-corrected chi connectivity index (χ4v) is 4.36. The Labute approximate surface area is 227 Å². The number of hydrogen-bond acceptors (Lipinski definition) is 6. The predicted octanol–water partition coefficient (Wildman–Crippen LogP) is 7.59. The number of aromatic nitrogens is 3. The highest BCUT2D eigenvalue weighted by molar-refractivity contribution is 7.78. The molecule has 208 valence electrons. The van der Waals surface area contributed by atoms with E-state index in [1.807, 2.05) is 15.5 Å². The van der Waals surface area contributed by atoms with Crippen molar-refractivity contribution in [3.8, 4) is 6.07 Å². The molecule has 1 aliphatic rings. The summed E-state index contributed by atoms with van der Waals surface area (Å²) in [5, 5.41) is 15.4. The number of thiol groups is 1. The Morgan fingerprint density at radius 2 is 1.76 bits per heavy atom. The van der Waals surface area contributed by atoms with Crippen molar-refractivity contribution in [1.82, 2.24) is 19.5 Å². The third-order valence-corrected chi connectivity index (χ3v) is 5.75. The molecule has 2 heterocycles. The van der Waals surface area contributed by atoms with E-state index >= 15 is 0 Å². The van der Waals surface area contributed by atoms with Crippen LogP contribution in [0.3, 0.4) is 0 Å². The third kappa shape index (κ3) is 9.10. The van der Waals surface area contributed by atoms with Crippen molar-refractivity contribution in [2.45, 2.75) is 85.0 Å². The van der Waals surface area contributed by atoms with Gasteiger partial charge in [0.1, 0.15) is 11.4 Å². The topological polar surface area (TPSA) is 98.5 Å². The zero-order chi connectivity index (χ0) is 28.5. The summed E-state index contributed by atoms with van der Waals surface area (Å²) in [5.41, 5.74) is 1.34. The number of alkyl halides is 3. The summed E-state index contributed by atoms with van der Waals surface area (Å²) in [5.74, 6) is 0.331. The number of nitriles is 1. The maximum Gasteiger partial charge on any atom is 0.408 e. The maximum atomic E-state index is 13.2. The van der Waals surface area contributed by atoms with Crippen molar-refractivity contribution in [3.05, 3.63) is 52.4 Å². The highest BCUT2D eigenvalue weighted by Gasteiger charge is 2.40. The molecule has 1 fully saturated rings. The van der Waals surface area contributed by atoms with E-state index in [1.54, 1.807) is 18.3 Å². The molecular formula is C27H37F3N6OS. The van der Waals surface area contributed by atoms with Gasteiger partial charge < -0.3 is 10.3 Å². The minimum atomic E-state index is -4.49. The van der Waals surface area contributed by atoms with Gasteiger partial charge >= 0.3 is 6.18 Å². The second-order valence-electron chi connectivity index (χ2n) is 10.7. The van der Waals surface area contributed by atoms with Gasteiger partial charge in [0.15, 0.2) is 5.82 Å². The van der Waals surface area contributed by atoms with E-state index in [4.69, 9.17) is 5.26 Å². The van der Waals surface area contributed by atoms with Crippen LogP contribution in [0.25, 0.3) is 10.9 Å². The zero-order valence-corrected chi connectivity index (χ0v) is 23.4. The molecule has 0 aliphatic heterocycles. The summed E-state index contributed by atoms with van der Waals surface area (Å²) >= 11 is 3.63. The first-order valence-electron chi connectivity index (χ1n) is 12.5. The van der Waals surface area contributed by atoms with Crippen molar-refractivity contribution < 1.29 is 13.2 Å². The number of hydrogen-bond donors (Lipinski definition) is 4. The molecule has 1 aromatic carbocycles. The smallest absolute Gasteiger partial charge is 0.338 e. The van der Waals surface area contributed by atoms with Gasteiger partial charge in [-0.3, -0.25) is 14.2 Å². The van der Waals surface area contributed by atoms with E-state index in [9.17, 15) is 18.0 Å². The number of rotatable bonds is 5. The van der Waals surface area contributed by atoms with E-state index < -0.39 is 12.2 Å². The van der Waals surface area contributed by atoms with Crippen LogP contribution in [0.2, 0.25) is 0 Å². The van der Waals surface area contributed by atoms with Crippen molar-refractivity contribution in [2.24, 2.45) is 5.41 Å². The summed E-state index contributed by atoms with van der Waals surface area (Å²) in [4.78, 5) is 15.2. The SMILES string of the molecule is CC#N.CC(C)(C)C.O=c1[nH]ccc2c1c(Nc1cccc([C@H](NS)C(F)(F)F)c1)nn2C1CCCCC1. The number of aromatic amines is 1. The molecule has 0 radical (unpaired) electrons. The Morgan fingerprint density at radius 3 is 2.32 bits per heavy atom. The number of halogens is 3. The number of nitrogens with zero attached hydrogens (tertiary/aromatic N) is 3. The van der Waals surface area contributed by atoms with Crippen LogP contribution < -0.4 is 15.6 Å². The summed E-state index contributed by atoms with van der Waals surface area (Å²) < 4.78 is 43.6.